The highest BCUT2D eigenvalue weighted by molar-refractivity contribution is 5.77. The van der Waals surface area contributed by atoms with Gasteiger partial charge in [-0.25, -0.2) is 0 Å². The summed E-state index contributed by atoms with van der Waals surface area (Å²) in [5, 5.41) is 20.7. The van der Waals surface area contributed by atoms with Crippen LogP contribution in [-0.4, -0.2) is 10.2 Å². The summed E-state index contributed by atoms with van der Waals surface area (Å²) >= 11 is 0. The molecular weight excluding hydrogens is 308 g/mol. The van der Waals surface area contributed by atoms with Gasteiger partial charge in [-0.1, -0.05) is 75.9 Å². The summed E-state index contributed by atoms with van der Waals surface area (Å²) in [6.45, 7) is 4.30. The minimum absolute atomic E-state index is 0.361. The van der Waals surface area contributed by atoms with E-state index in [1.807, 2.05) is 0 Å². The maximum atomic E-state index is 10.4. The van der Waals surface area contributed by atoms with Crippen LogP contribution in [0.15, 0.2) is 36.4 Å². The number of unbranched alkanes of at least 4 members (excludes halogenated alkanes) is 2. The summed E-state index contributed by atoms with van der Waals surface area (Å²) in [5.74, 6) is 0. The van der Waals surface area contributed by atoms with Gasteiger partial charge in [0, 0.05) is 0 Å². The Morgan fingerprint density at radius 2 is 1.20 bits per heavy atom. The lowest BCUT2D eigenvalue weighted by Crippen LogP contribution is -1.98. The molecule has 2 N–H and O–H groups in total. The molecule has 0 radical (unpaired) electrons. The lowest BCUT2D eigenvalue weighted by molar-refractivity contribution is 0.164. The number of rotatable bonds is 8. The van der Waals surface area contributed by atoms with E-state index in [2.05, 4.69) is 50.2 Å². The van der Waals surface area contributed by atoms with Gasteiger partial charge in [-0.3, -0.25) is 0 Å². The first-order valence-corrected chi connectivity index (χ1v) is 9.76. The molecule has 2 nitrogen and oxygen atoms in total. The topological polar surface area (TPSA) is 40.5 Å². The number of fused-ring (bicyclic) bond motifs is 3. The number of hydrogen-bond acceptors (Lipinski definition) is 2. The summed E-state index contributed by atoms with van der Waals surface area (Å²) in [6.07, 6.45) is 6.15. The number of hydrogen-bond donors (Lipinski definition) is 2. The molecule has 134 valence electrons. The van der Waals surface area contributed by atoms with E-state index < -0.39 is 0 Å². The average Bonchev–Trinajstić information content (AvgIpc) is 3.00. The van der Waals surface area contributed by atoms with E-state index in [-0.39, 0.29) is 12.2 Å². The van der Waals surface area contributed by atoms with E-state index in [4.69, 9.17) is 0 Å². The van der Waals surface area contributed by atoms with Gasteiger partial charge >= 0.3 is 0 Å². The SMILES string of the molecule is CCCCC(O)c1ccc2c(c1)Cc1cc(C(O)CCCC)ccc1-2. The molecule has 0 saturated carbocycles. The molecule has 2 unspecified atom stereocenters. The quantitative estimate of drug-likeness (QED) is 0.552. The largest absolute Gasteiger partial charge is 0.388 e. The predicted octanol–water partition coefficient (Wildman–Crippen LogP) is 5.71. The van der Waals surface area contributed by atoms with E-state index in [1.54, 1.807) is 0 Å². The molecule has 1 aliphatic rings. The van der Waals surface area contributed by atoms with Gasteiger partial charge in [-0.2, -0.15) is 0 Å². The van der Waals surface area contributed by atoms with Crippen molar-refractivity contribution in [2.75, 3.05) is 0 Å². The van der Waals surface area contributed by atoms with Gasteiger partial charge < -0.3 is 10.2 Å². The smallest absolute Gasteiger partial charge is 0.0790 e. The summed E-state index contributed by atoms with van der Waals surface area (Å²) < 4.78 is 0. The van der Waals surface area contributed by atoms with Crippen LogP contribution in [0.3, 0.4) is 0 Å². The highest BCUT2D eigenvalue weighted by atomic mass is 16.3. The van der Waals surface area contributed by atoms with Crippen molar-refractivity contribution in [1.29, 1.82) is 0 Å². The van der Waals surface area contributed by atoms with Crippen molar-refractivity contribution in [1.82, 2.24) is 0 Å². The molecule has 0 heterocycles. The molecule has 0 saturated heterocycles. The Labute approximate surface area is 151 Å². The maximum absolute atomic E-state index is 10.4. The lowest BCUT2D eigenvalue weighted by atomic mass is 9.97. The van der Waals surface area contributed by atoms with E-state index in [0.717, 1.165) is 56.1 Å². The Morgan fingerprint density at radius 1 is 0.760 bits per heavy atom. The summed E-state index contributed by atoms with van der Waals surface area (Å²) in [5.41, 5.74) is 7.20. The molecular formula is C23H30O2. The Balaban J connectivity index is 1.79. The molecule has 0 bridgehead atoms. The standard InChI is InChI=1S/C23H30O2/c1-3-5-7-22(24)16-9-11-20-18(13-16)15-19-14-17(10-12-21(19)20)23(25)8-6-4-2/h9-14,22-25H,3-8,15H2,1-2H3. The van der Waals surface area contributed by atoms with Gasteiger partial charge in [0.15, 0.2) is 0 Å². The second-order valence-corrected chi connectivity index (χ2v) is 7.33. The fraction of sp³-hybridized carbons (Fsp3) is 0.478. The molecule has 2 atom stereocenters. The Kier molecular flexibility index (Phi) is 5.93. The lowest BCUT2D eigenvalue weighted by Gasteiger charge is -2.12. The second kappa shape index (κ2) is 8.16. The van der Waals surface area contributed by atoms with E-state index in [0.29, 0.717) is 0 Å². The predicted molar refractivity (Wildman–Crippen MR) is 104 cm³/mol. The molecule has 0 spiro atoms. The van der Waals surface area contributed by atoms with Crippen LogP contribution in [-0.2, 0) is 6.42 Å². The molecule has 0 amide bonds. The molecule has 0 fully saturated rings. The molecule has 0 aromatic heterocycles. The van der Waals surface area contributed by atoms with E-state index in [1.165, 1.54) is 22.3 Å². The van der Waals surface area contributed by atoms with Gasteiger partial charge in [0.25, 0.3) is 0 Å². The van der Waals surface area contributed by atoms with Crippen molar-refractivity contribution in [3.63, 3.8) is 0 Å². The summed E-state index contributed by atoms with van der Waals surface area (Å²) in [6, 6.07) is 12.8. The van der Waals surface area contributed by atoms with Gasteiger partial charge in [0.05, 0.1) is 12.2 Å². The average molecular weight is 338 g/mol. The highest BCUT2D eigenvalue weighted by Gasteiger charge is 2.21. The fourth-order valence-electron chi connectivity index (χ4n) is 3.79. The molecule has 0 aliphatic heterocycles. The normalized spacial score (nSPS) is 14.9. The van der Waals surface area contributed by atoms with Crippen LogP contribution in [0.2, 0.25) is 0 Å². The molecule has 2 aromatic rings. The highest BCUT2D eigenvalue weighted by Crippen LogP contribution is 2.39. The molecule has 2 heteroatoms. The van der Waals surface area contributed by atoms with Crippen molar-refractivity contribution in [3.8, 4) is 11.1 Å². The van der Waals surface area contributed by atoms with E-state index >= 15 is 0 Å². The van der Waals surface area contributed by atoms with E-state index in [9.17, 15) is 10.2 Å². The van der Waals surface area contributed by atoms with Crippen molar-refractivity contribution < 1.29 is 10.2 Å². The van der Waals surface area contributed by atoms with Crippen molar-refractivity contribution >= 4 is 0 Å². The molecule has 1 aliphatic carbocycles. The molecule has 3 rings (SSSR count). The molecule has 25 heavy (non-hydrogen) atoms. The molecule has 2 aromatic carbocycles. The maximum Gasteiger partial charge on any atom is 0.0790 e. The number of aliphatic hydroxyl groups excluding tert-OH is 2. The monoisotopic (exact) mass is 338 g/mol. The van der Waals surface area contributed by atoms with Crippen molar-refractivity contribution in [2.45, 2.75) is 71.0 Å². The fourth-order valence-corrected chi connectivity index (χ4v) is 3.79. The zero-order valence-electron chi connectivity index (χ0n) is 15.5. The Bertz CT molecular complexity index is 659. The van der Waals surface area contributed by atoms with Gasteiger partial charge in [0.2, 0.25) is 0 Å². The second-order valence-electron chi connectivity index (χ2n) is 7.33. The first-order chi connectivity index (χ1) is 12.1. The van der Waals surface area contributed by atoms with Crippen molar-refractivity contribution in [3.05, 3.63) is 58.7 Å². The van der Waals surface area contributed by atoms with Crippen LogP contribution in [0.1, 0.15) is 86.8 Å². The Morgan fingerprint density at radius 3 is 1.60 bits per heavy atom. The number of benzene rings is 2. The van der Waals surface area contributed by atoms with Gasteiger partial charge in [0.1, 0.15) is 0 Å². The van der Waals surface area contributed by atoms with Gasteiger partial charge in [-0.15, -0.1) is 0 Å². The third-order valence-electron chi connectivity index (χ3n) is 5.36. The zero-order chi connectivity index (χ0) is 17.8. The van der Waals surface area contributed by atoms with Crippen LogP contribution in [0.4, 0.5) is 0 Å². The number of aliphatic hydroxyl groups is 2. The first-order valence-electron chi connectivity index (χ1n) is 9.76. The minimum atomic E-state index is -0.361. The van der Waals surface area contributed by atoms with Crippen molar-refractivity contribution in [2.24, 2.45) is 0 Å². The summed E-state index contributed by atoms with van der Waals surface area (Å²) in [7, 11) is 0. The van der Waals surface area contributed by atoms with Crippen LogP contribution >= 0.6 is 0 Å². The summed E-state index contributed by atoms with van der Waals surface area (Å²) in [4.78, 5) is 0. The zero-order valence-corrected chi connectivity index (χ0v) is 15.5. The van der Waals surface area contributed by atoms with Crippen LogP contribution in [0, 0.1) is 0 Å². The third kappa shape index (κ3) is 3.96. The Hall–Kier alpha value is -1.64. The minimum Gasteiger partial charge on any atom is -0.388 e. The van der Waals surface area contributed by atoms with Crippen LogP contribution in [0.5, 0.6) is 0 Å². The third-order valence-corrected chi connectivity index (χ3v) is 5.36. The first kappa shape index (κ1) is 18.2. The van der Waals surface area contributed by atoms with Crippen LogP contribution < -0.4 is 0 Å². The van der Waals surface area contributed by atoms with Gasteiger partial charge in [-0.05, 0) is 52.6 Å². The van der Waals surface area contributed by atoms with Crippen LogP contribution in [0.25, 0.3) is 11.1 Å².